The lowest BCUT2D eigenvalue weighted by atomic mass is 9.97. The molecule has 1 aliphatic heterocycles. The summed E-state index contributed by atoms with van der Waals surface area (Å²) < 4.78 is 1.76. The third-order valence-electron chi connectivity index (χ3n) is 2.98. The standard InChI is InChI=1S/C10H16ClN3O/c1-7-9(11)8(14(2)13-7)5-10(15)3-4-12-6-10/h12,15H,3-6H2,1-2H3. The van der Waals surface area contributed by atoms with Crippen LogP contribution in [0.25, 0.3) is 0 Å². The first-order valence-corrected chi connectivity index (χ1v) is 5.51. The van der Waals surface area contributed by atoms with E-state index in [-0.39, 0.29) is 0 Å². The van der Waals surface area contributed by atoms with Gasteiger partial charge in [0.05, 0.1) is 22.0 Å². The summed E-state index contributed by atoms with van der Waals surface area (Å²) in [6, 6.07) is 0. The van der Waals surface area contributed by atoms with Crippen molar-refractivity contribution in [3.05, 3.63) is 16.4 Å². The van der Waals surface area contributed by atoms with Gasteiger partial charge in [-0.3, -0.25) is 4.68 Å². The molecule has 0 amide bonds. The van der Waals surface area contributed by atoms with Crippen LogP contribution in [-0.4, -0.2) is 33.6 Å². The monoisotopic (exact) mass is 229 g/mol. The van der Waals surface area contributed by atoms with E-state index in [9.17, 15) is 5.11 Å². The van der Waals surface area contributed by atoms with E-state index in [1.54, 1.807) is 4.68 Å². The van der Waals surface area contributed by atoms with E-state index >= 15 is 0 Å². The second-order valence-electron chi connectivity index (χ2n) is 4.30. The molecule has 2 rings (SSSR count). The summed E-state index contributed by atoms with van der Waals surface area (Å²) in [5, 5.41) is 18.3. The van der Waals surface area contributed by atoms with E-state index in [1.165, 1.54) is 0 Å². The molecule has 0 radical (unpaired) electrons. The Morgan fingerprint density at radius 2 is 2.40 bits per heavy atom. The van der Waals surface area contributed by atoms with E-state index in [4.69, 9.17) is 11.6 Å². The van der Waals surface area contributed by atoms with E-state index < -0.39 is 5.60 Å². The maximum Gasteiger partial charge on any atom is 0.0848 e. The molecule has 1 atom stereocenters. The molecule has 1 unspecified atom stereocenters. The highest BCUT2D eigenvalue weighted by Gasteiger charge is 2.33. The highest BCUT2D eigenvalue weighted by atomic mass is 35.5. The highest BCUT2D eigenvalue weighted by molar-refractivity contribution is 6.31. The van der Waals surface area contributed by atoms with Gasteiger partial charge >= 0.3 is 0 Å². The summed E-state index contributed by atoms with van der Waals surface area (Å²) in [6.07, 6.45) is 1.34. The van der Waals surface area contributed by atoms with E-state index in [0.29, 0.717) is 18.0 Å². The molecule has 2 heterocycles. The van der Waals surface area contributed by atoms with Crippen LogP contribution < -0.4 is 5.32 Å². The first kappa shape index (κ1) is 10.9. The van der Waals surface area contributed by atoms with Gasteiger partial charge in [-0.2, -0.15) is 5.10 Å². The molecular formula is C10H16ClN3O. The number of hydrogen-bond acceptors (Lipinski definition) is 3. The molecule has 5 heteroatoms. The van der Waals surface area contributed by atoms with Crippen LogP contribution >= 0.6 is 11.6 Å². The van der Waals surface area contributed by atoms with E-state index in [0.717, 1.165) is 24.4 Å². The number of aryl methyl sites for hydroxylation is 2. The first-order chi connectivity index (χ1) is 7.02. The number of nitrogens with zero attached hydrogens (tertiary/aromatic N) is 2. The van der Waals surface area contributed by atoms with Gasteiger partial charge in [-0.05, 0) is 19.9 Å². The average Bonchev–Trinajstić information content (AvgIpc) is 2.68. The lowest BCUT2D eigenvalue weighted by Gasteiger charge is -2.21. The Balaban J connectivity index is 2.23. The van der Waals surface area contributed by atoms with Crippen LogP contribution in [0, 0.1) is 6.92 Å². The Hall–Kier alpha value is -0.580. The number of aromatic nitrogens is 2. The fourth-order valence-corrected chi connectivity index (χ4v) is 2.29. The van der Waals surface area contributed by atoms with Gasteiger partial charge < -0.3 is 10.4 Å². The van der Waals surface area contributed by atoms with Crippen molar-refractivity contribution in [2.45, 2.75) is 25.4 Å². The number of β-amino-alcohol motifs (C(OH)–C–C–N with tert-alkyl or cyclic N) is 1. The van der Waals surface area contributed by atoms with Crippen molar-refractivity contribution in [1.82, 2.24) is 15.1 Å². The molecular weight excluding hydrogens is 214 g/mol. The van der Waals surface area contributed by atoms with Crippen LogP contribution in [0.4, 0.5) is 0 Å². The van der Waals surface area contributed by atoms with Crippen LogP contribution in [0.2, 0.25) is 5.02 Å². The van der Waals surface area contributed by atoms with Crippen LogP contribution in [-0.2, 0) is 13.5 Å². The van der Waals surface area contributed by atoms with Gasteiger partial charge in [-0.15, -0.1) is 0 Å². The minimum atomic E-state index is -0.663. The van der Waals surface area contributed by atoms with Gasteiger partial charge in [0.25, 0.3) is 0 Å². The van der Waals surface area contributed by atoms with Gasteiger partial charge in [-0.1, -0.05) is 11.6 Å². The summed E-state index contributed by atoms with van der Waals surface area (Å²) >= 11 is 6.14. The van der Waals surface area contributed by atoms with Crippen molar-refractivity contribution in [3.63, 3.8) is 0 Å². The van der Waals surface area contributed by atoms with Gasteiger partial charge in [0, 0.05) is 20.0 Å². The molecule has 0 aliphatic carbocycles. The maximum atomic E-state index is 10.2. The van der Waals surface area contributed by atoms with Gasteiger partial charge in [0.15, 0.2) is 0 Å². The van der Waals surface area contributed by atoms with E-state index in [2.05, 4.69) is 10.4 Å². The van der Waals surface area contributed by atoms with Gasteiger partial charge in [0.2, 0.25) is 0 Å². The Morgan fingerprint density at radius 1 is 1.67 bits per heavy atom. The molecule has 2 N–H and O–H groups in total. The molecule has 0 aromatic carbocycles. The zero-order valence-corrected chi connectivity index (χ0v) is 9.80. The second kappa shape index (κ2) is 3.77. The van der Waals surface area contributed by atoms with Gasteiger partial charge in [-0.25, -0.2) is 0 Å². The first-order valence-electron chi connectivity index (χ1n) is 5.13. The molecule has 15 heavy (non-hydrogen) atoms. The number of nitrogens with one attached hydrogen (secondary N) is 1. The zero-order valence-electron chi connectivity index (χ0n) is 9.05. The smallest absolute Gasteiger partial charge is 0.0848 e. The van der Waals surface area contributed by atoms with E-state index in [1.807, 2.05) is 14.0 Å². The van der Waals surface area contributed by atoms with Gasteiger partial charge in [0.1, 0.15) is 0 Å². The highest BCUT2D eigenvalue weighted by Crippen LogP contribution is 2.26. The molecule has 1 saturated heterocycles. The fourth-order valence-electron chi connectivity index (χ4n) is 2.07. The Labute approximate surface area is 94.2 Å². The van der Waals surface area contributed by atoms with Crippen molar-refractivity contribution < 1.29 is 5.11 Å². The molecule has 0 bridgehead atoms. The minimum Gasteiger partial charge on any atom is -0.388 e. The molecule has 0 saturated carbocycles. The molecule has 0 spiro atoms. The van der Waals surface area contributed by atoms with Crippen molar-refractivity contribution in [1.29, 1.82) is 0 Å². The fraction of sp³-hybridized carbons (Fsp3) is 0.700. The topological polar surface area (TPSA) is 50.1 Å². The molecule has 1 aromatic rings. The molecule has 4 nitrogen and oxygen atoms in total. The zero-order chi connectivity index (χ0) is 11.1. The van der Waals surface area contributed by atoms with Crippen LogP contribution in [0.15, 0.2) is 0 Å². The third-order valence-corrected chi connectivity index (χ3v) is 3.47. The number of halogens is 1. The largest absolute Gasteiger partial charge is 0.388 e. The van der Waals surface area contributed by atoms with Crippen molar-refractivity contribution in [2.75, 3.05) is 13.1 Å². The van der Waals surface area contributed by atoms with Crippen molar-refractivity contribution >= 4 is 11.6 Å². The van der Waals surface area contributed by atoms with Crippen LogP contribution in [0.3, 0.4) is 0 Å². The average molecular weight is 230 g/mol. The maximum absolute atomic E-state index is 10.2. The third kappa shape index (κ3) is 2.02. The number of hydrogen-bond donors (Lipinski definition) is 2. The predicted molar refractivity (Wildman–Crippen MR) is 59.1 cm³/mol. The molecule has 1 aromatic heterocycles. The Kier molecular flexibility index (Phi) is 2.75. The predicted octanol–water partition coefficient (Wildman–Crippen LogP) is 0.649. The molecule has 1 aliphatic rings. The second-order valence-corrected chi connectivity index (χ2v) is 4.68. The lowest BCUT2D eigenvalue weighted by Crippen LogP contribution is -2.34. The van der Waals surface area contributed by atoms with Crippen molar-refractivity contribution in [2.24, 2.45) is 7.05 Å². The molecule has 1 fully saturated rings. The lowest BCUT2D eigenvalue weighted by molar-refractivity contribution is 0.0599. The number of rotatable bonds is 2. The Bertz CT molecular complexity index is 369. The van der Waals surface area contributed by atoms with Crippen LogP contribution in [0.5, 0.6) is 0 Å². The van der Waals surface area contributed by atoms with Crippen LogP contribution in [0.1, 0.15) is 17.8 Å². The quantitative estimate of drug-likeness (QED) is 0.783. The Morgan fingerprint density at radius 3 is 2.87 bits per heavy atom. The number of aliphatic hydroxyl groups is 1. The SMILES string of the molecule is Cc1nn(C)c(CC2(O)CCNC2)c1Cl. The summed E-state index contributed by atoms with van der Waals surface area (Å²) in [6.45, 7) is 3.38. The van der Waals surface area contributed by atoms with Crippen molar-refractivity contribution in [3.8, 4) is 0 Å². The normalized spacial score (nSPS) is 26.1. The summed E-state index contributed by atoms with van der Waals surface area (Å²) in [7, 11) is 1.86. The molecule has 84 valence electrons. The minimum absolute atomic E-state index is 0.566. The summed E-state index contributed by atoms with van der Waals surface area (Å²) in [5.41, 5.74) is 1.08. The summed E-state index contributed by atoms with van der Waals surface area (Å²) in [5.74, 6) is 0. The summed E-state index contributed by atoms with van der Waals surface area (Å²) in [4.78, 5) is 0.